The van der Waals surface area contributed by atoms with Crippen molar-refractivity contribution in [2.45, 2.75) is 4.90 Å². The van der Waals surface area contributed by atoms with Gasteiger partial charge in [0.2, 0.25) is 0 Å². The zero-order valence-electron chi connectivity index (χ0n) is 12.6. The highest BCUT2D eigenvalue weighted by Gasteiger charge is 2.28. The molecule has 0 saturated carbocycles. The third-order valence-electron chi connectivity index (χ3n) is 3.26. The molecule has 128 valence electrons. The number of para-hydroxylation sites is 1. The first-order valence-electron chi connectivity index (χ1n) is 6.45. The smallest absolute Gasteiger partial charge is 0.289 e. The molecule has 7 nitrogen and oxygen atoms in total. The van der Waals surface area contributed by atoms with Crippen LogP contribution in [0.15, 0.2) is 41.3 Å². The lowest BCUT2D eigenvalue weighted by molar-refractivity contribution is -0.384. The Morgan fingerprint density at radius 2 is 1.96 bits per heavy atom. The molecule has 24 heavy (non-hydrogen) atoms. The van der Waals surface area contributed by atoms with Crippen LogP contribution in [0.2, 0.25) is 5.02 Å². The monoisotopic (exact) mass is 374 g/mol. The molecule has 0 radical (unpaired) electrons. The Hall–Kier alpha value is -2.39. The molecule has 0 aliphatic rings. The van der Waals surface area contributed by atoms with Gasteiger partial charge in [-0.25, -0.2) is 12.8 Å². The maximum absolute atomic E-state index is 14.1. The summed E-state index contributed by atoms with van der Waals surface area (Å²) >= 11 is 5.68. The maximum Gasteiger partial charge on any atom is 0.289 e. The third kappa shape index (κ3) is 3.13. The molecule has 2 aromatic carbocycles. The van der Waals surface area contributed by atoms with E-state index in [1.807, 2.05) is 0 Å². The Morgan fingerprint density at radius 3 is 2.54 bits per heavy atom. The van der Waals surface area contributed by atoms with Crippen LogP contribution in [0.5, 0.6) is 5.75 Å². The second-order valence-corrected chi connectivity index (χ2v) is 7.01. The van der Waals surface area contributed by atoms with Crippen LogP contribution in [-0.2, 0) is 10.0 Å². The Balaban J connectivity index is 2.60. The standard InChI is InChI=1S/C14H12ClFN2O5S/c1-17(14-11(16)4-3-5-13(14)23-2)24(21,22)9-6-7-10(15)12(8-9)18(19)20/h3-8H,1-2H3. The summed E-state index contributed by atoms with van der Waals surface area (Å²) in [5.41, 5.74) is -0.871. The van der Waals surface area contributed by atoms with Gasteiger partial charge in [0.1, 0.15) is 16.5 Å². The van der Waals surface area contributed by atoms with Gasteiger partial charge in [0, 0.05) is 13.1 Å². The van der Waals surface area contributed by atoms with E-state index in [0.717, 1.165) is 31.3 Å². The van der Waals surface area contributed by atoms with Crippen LogP contribution in [0.4, 0.5) is 15.8 Å². The Morgan fingerprint density at radius 1 is 1.29 bits per heavy atom. The number of methoxy groups -OCH3 is 1. The molecule has 0 unspecified atom stereocenters. The summed E-state index contributed by atoms with van der Waals surface area (Å²) in [4.78, 5) is 9.73. The first-order valence-corrected chi connectivity index (χ1v) is 8.27. The van der Waals surface area contributed by atoms with Gasteiger partial charge in [0.15, 0.2) is 5.82 Å². The Kier molecular flexibility index (Phi) is 4.95. The van der Waals surface area contributed by atoms with Gasteiger partial charge >= 0.3 is 0 Å². The lowest BCUT2D eigenvalue weighted by Gasteiger charge is -2.22. The predicted octanol–water partition coefficient (Wildman–Crippen LogP) is 3.22. The topological polar surface area (TPSA) is 89.8 Å². The Labute approximate surface area is 142 Å². The molecule has 0 saturated heterocycles. The van der Waals surface area contributed by atoms with Crippen LogP contribution in [0.1, 0.15) is 0 Å². The zero-order chi connectivity index (χ0) is 18.1. The number of hydrogen-bond donors (Lipinski definition) is 0. The average molecular weight is 375 g/mol. The fourth-order valence-corrected chi connectivity index (χ4v) is 3.46. The molecular weight excluding hydrogens is 363 g/mol. The number of nitro benzene ring substituents is 1. The quantitative estimate of drug-likeness (QED) is 0.592. The molecule has 0 N–H and O–H groups in total. The minimum absolute atomic E-state index is 0.00420. The molecule has 0 amide bonds. The Bertz CT molecular complexity index is 904. The highest BCUT2D eigenvalue weighted by molar-refractivity contribution is 7.92. The van der Waals surface area contributed by atoms with E-state index in [4.69, 9.17) is 16.3 Å². The van der Waals surface area contributed by atoms with E-state index in [9.17, 15) is 22.9 Å². The van der Waals surface area contributed by atoms with Crippen molar-refractivity contribution in [3.8, 4) is 5.75 Å². The SMILES string of the molecule is COc1cccc(F)c1N(C)S(=O)(=O)c1ccc(Cl)c([N+](=O)[O-])c1. The number of hydrogen-bond acceptors (Lipinski definition) is 5. The van der Waals surface area contributed by atoms with Crippen molar-refractivity contribution in [2.24, 2.45) is 0 Å². The highest BCUT2D eigenvalue weighted by Crippen LogP contribution is 2.35. The van der Waals surface area contributed by atoms with Gasteiger partial charge in [-0.1, -0.05) is 17.7 Å². The number of rotatable bonds is 5. The number of sulfonamides is 1. The average Bonchev–Trinajstić information content (AvgIpc) is 2.53. The predicted molar refractivity (Wildman–Crippen MR) is 86.6 cm³/mol. The fraction of sp³-hybridized carbons (Fsp3) is 0.143. The molecule has 0 spiro atoms. The van der Waals surface area contributed by atoms with Crippen molar-refractivity contribution in [2.75, 3.05) is 18.5 Å². The number of benzene rings is 2. The van der Waals surface area contributed by atoms with E-state index in [1.54, 1.807) is 0 Å². The van der Waals surface area contributed by atoms with E-state index >= 15 is 0 Å². The second kappa shape index (κ2) is 6.62. The summed E-state index contributed by atoms with van der Waals surface area (Å²) in [5, 5.41) is 10.7. The van der Waals surface area contributed by atoms with Crippen molar-refractivity contribution in [1.29, 1.82) is 0 Å². The van der Waals surface area contributed by atoms with Crippen LogP contribution in [-0.4, -0.2) is 27.5 Å². The number of halogens is 2. The molecule has 0 atom stereocenters. The molecule has 0 aliphatic heterocycles. The minimum atomic E-state index is -4.27. The van der Waals surface area contributed by atoms with Crippen LogP contribution in [0, 0.1) is 15.9 Å². The van der Waals surface area contributed by atoms with Crippen LogP contribution >= 0.6 is 11.6 Å². The highest BCUT2D eigenvalue weighted by atomic mass is 35.5. The molecule has 0 aliphatic carbocycles. The van der Waals surface area contributed by atoms with E-state index in [1.165, 1.54) is 19.2 Å². The lowest BCUT2D eigenvalue weighted by atomic mass is 10.3. The molecule has 2 aromatic rings. The summed E-state index contributed by atoms with van der Waals surface area (Å²) in [6, 6.07) is 6.86. The number of ether oxygens (including phenoxy) is 1. The molecule has 0 heterocycles. The fourth-order valence-electron chi connectivity index (χ4n) is 2.04. The van der Waals surface area contributed by atoms with Gasteiger partial charge in [-0.05, 0) is 24.3 Å². The lowest BCUT2D eigenvalue weighted by Crippen LogP contribution is -2.28. The van der Waals surface area contributed by atoms with Crippen molar-refractivity contribution in [1.82, 2.24) is 0 Å². The summed E-state index contributed by atoms with van der Waals surface area (Å²) < 4.78 is 45.1. The van der Waals surface area contributed by atoms with E-state index < -0.39 is 31.3 Å². The number of nitro groups is 1. The van der Waals surface area contributed by atoms with Crippen LogP contribution in [0.3, 0.4) is 0 Å². The van der Waals surface area contributed by atoms with Crippen LogP contribution < -0.4 is 9.04 Å². The summed E-state index contributed by atoms with van der Waals surface area (Å²) in [6.07, 6.45) is 0. The number of nitrogens with zero attached hydrogens (tertiary/aromatic N) is 2. The number of anilines is 1. The first kappa shape index (κ1) is 18.0. The van der Waals surface area contributed by atoms with E-state index in [2.05, 4.69) is 0 Å². The molecular formula is C14H12ClFN2O5S. The van der Waals surface area contributed by atoms with Gasteiger partial charge in [-0.2, -0.15) is 0 Å². The van der Waals surface area contributed by atoms with Crippen molar-refractivity contribution < 1.29 is 22.5 Å². The summed E-state index contributed by atoms with van der Waals surface area (Å²) in [7, 11) is -1.88. The van der Waals surface area contributed by atoms with E-state index in [0.29, 0.717) is 4.31 Å². The summed E-state index contributed by atoms with van der Waals surface area (Å²) in [6.45, 7) is 0. The summed E-state index contributed by atoms with van der Waals surface area (Å²) in [5.74, 6) is -0.812. The van der Waals surface area contributed by atoms with Gasteiger partial charge in [0.05, 0.1) is 16.9 Å². The minimum Gasteiger partial charge on any atom is -0.494 e. The zero-order valence-corrected chi connectivity index (χ0v) is 14.1. The first-order chi connectivity index (χ1) is 11.2. The third-order valence-corrected chi connectivity index (χ3v) is 5.33. The van der Waals surface area contributed by atoms with Crippen LogP contribution in [0.25, 0.3) is 0 Å². The molecule has 0 aromatic heterocycles. The molecule has 2 rings (SSSR count). The molecule has 0 bridgehead atoms. The van der Waals surface area contributed by atoms with Gasteiger partial charge < -0.3 is 4.74 Å². The van der Waals surface area contributed by atoms with E-state index in [-0.39, 0.29) is 16.5 Å². The van der Waals surface area contributed by atoms with Crippen molar-refractivity contribution >= 4 is 33.0 Å². The largest absolute Gasteiger partial charge is 0.494 e. The molecule has 10 heteroatoms. The molecule has 0 fully saturated rings. The van der Waals surface area contributed by atoms with Crippen molar-refractivity contribution in [3.63, 3.8) is 0 Å². The second-order valence-electron chi connectivity index (χ2n) is 4.63. The maximum atomic E-state index is 14.1. The van der Waals surface area contributed by atoms with Gasteiger partial charge in [-0.3, -0.25) is 14.4 Å². The van der Waals surface area contributed by atoms with Gasteiger partial charge in [0.25, 0.3) is 15.7 Å². The normalized spacial score (nSPS) is 11.2. The van der Waals surface area contributed by atoms with Crippen molar-refractivity contribution in [3.05, 3.63) is 57.4 Å². The van der Waals surface area contributed by atoms with Gasteiger partial charge in [-0.15, -0.1) is 0 Å².